The second kappa shape index (κ2) is 9.04. The van der Waals surface area contributed by atoms with Crippen molar-refractivity contribution in [1.29, 1.82) is 0 Å². The average molecular weight is 446 g/mol. The number of anilines is 1. The van der Waals surface area contributed by atoms with E-state index in [0.717, 1.165) is 5.56 Å². The molecule has 0 saturated carbocycles. The summed E-state index contributed by atoms with van der Waals surface area (Å²) in [5.41, 5.74) is 1.54. The van der Waals surface area contributed by atoms with Crippen LogP contribution in [0.5, 0.6) is 0 Å². The Morgan fingerprint density at radius 3 is 2.50 bits per heavy atom. The number of carbonyl (C=O) groups excluding carboxylic acids is 1. The second-order valence-electron chi connectivity index (χ2n) is 7.08. The summed E-state index contributed by atoms with van der Waals surface area (Å²) >= 11 is 11.9. The highest BCUT2D eigenvalue weighted by atomic mass is 35.5. The fourth-order valence-corrected chi connectivity index (χ4v) is 3.65. The first-order chi connectivity index (χ1) is 14.5. The molecule has 9 heteroatoms. The number of amides is 2. The predicted molar refractivity (Wildman–Crippen MR) is 117 cm³/mol. The minimum absolute atomic E-state index is 0.0322. The Kier molecular flexibility index (Phi) is 6.22. The van der Waals surface area contributed by atoms with Crippen LogP contribution in [0, 0.1) is 0 Å². The van der Waals surface area contributed by atoms with E-state index in [1.165, 1.54) is 0 Å². The zero-order valence-electron chi connectivity index (χ0n) is 16.4. The van der Waals surface area contributed by atoms with Crippen LogP contribution in [0.15, 0.2) is 53.1 Å². The molecule has 1 aliphatic rings. The van der Waals surface area contributed by atoms with E-state index in [2.05, 4.69) is 20.4 Å². The largest absolute Gasteiger partial charge is 0.337 e. The lowest BCUT2D eigenvalue weighted by molar-refractivity contribution is 0.104. The molecule has 1 unspecified atom stereocenters. The molecule has 1 aromatic heterocycles. The van der Waals surface area contributed by atoms with Gasteiger partial charge in [-0.1, -0.05) is 58.7 Å². The van der Waals surface area contributed by atoms with Crippen LogP contribution >= 0.6 is 23.2 Å². The summed E-state index contributed by atoms with van der Waals surface area (Å²) in [5, 5.41) is 7.82. The molecule has 30 heavy (non-hydrogen) atoms. The first-order valence-electron chi connectivity index (χ1n) is 9.65. The van der Waals surface area contributed by atoms with Gasteiger partial charge < -0.3 is 14.7 Å². The van der Waals surface area contributed by atoms with Gasteiger partial charge in [0, 0.05) is 37.4 Å². The lowest BCUT2D eigenvalue weighted by Crippen LogP contribution is -2.50. The van der Waals surface area contributed by atoms with Gasteiger partial charge in [0.25, 0.3) is 0 Å². The van der Waals surface area contributed by atoms with E-state index < -0.39 is 0 Å². The number of nitrogens with one attached hydrogen (secondary N) is 1. The molecule has 1 aliphatic heterocycles. The molecule has 3 aromatic rings. The van der Waals surface area contributed by atoms with Crippen LogP contribution in [0.3, 0.4) is 0 Å². The molecule has 0 bridgehead atoms. The molecular formula is C21H21Cl2N5O2. The number of rotatable bonds is 4. The number of benzene rings is 2. The highest BCUT2D eigenvalue weighted by molar-refractivity contribution is 6.42. The lowest BCUT2D eigenvalue weighted by atomic mass is 10.2. The number of nitrogens with zero attached hydrogens (tertiary/aromatic N) is 4. The summed E-state index contributed by atoms with van der Waals surface area (Å²) < 4.78 is 5.49. The maximum atomic E-state index is 12.5. The summed E-state index contributed by atoms with van der Waals surface area (Å²) in [6.45, 7) is 4.64. The number of aromatic nitrogens is 2. The Bertz CT molecular complexity index is 1020. The molecule has 4 rings (SSSR count). The Labute approximate surface area is 184 Å². The first-order valence-corrected chi connectivity index (χ1v) is 10.4. The standard InChI is InChI=1S/C21H21Cl2N5O2/c1-14(20-25-19(26-30-20)15-5-3-2-4-6-15)27-9-11-28(12-10-27)21(29)24-16-7-8-17(22)18(23)13-16/h2-8,13-14H,9-12H2,1H3,(H,24,29). The van der Waals surface area contributed by atoms with Crippen molar-refractivity contribution in [3.63, 3.8) is 0 Å². The van der Waals surface area contributed by atoms with E-state index in [1.807, 2.05) is 37.3 Å². The normalized spacial score (nSPS) is 15.8. The van der Waals surface area contributed by atoms with E-state index in [4.69, 9.17) is 27.7 Å². The van der Waals surface area contributed by atoms with E-state index in [9.17, 15) is 4.79 Å². The molecule has 7 nitrogen and oxygen atoms in total. The molecule has 1 fully saturated rings. The van der Waals surface area contributed by atoms with Gasteiger partial charge in [0.2, 0.25) is 11.7 Å². The third-order valence-electron chi connectivity index (χ3n) is 5.15. The smallest absolute Gasteiger partial charge is 0.321 e. The van der Waals surface area contributed by atoms with Crippen LogP contribution < -0.4 is 5.32 Å². The van der Waals surface area contributed by atoms with Crippen LogP contribution in [0.2, 0.25) is 10.0 Å². The fourth-order valence-electron chi connectivity index (χ4n) is 3.35. The van der Waals surface area contributed by atoms with Gasteiger partial charge in [-0.2, -0.15) is 4.98 Å². The number of urea groups is 1. The summed E-state index contributed by atoms with van der Waals surface area (Å²) in [6.07, 6.45) is 0. The van der Waals surface area contributed by atoms with Crippen molar-refractivity contribution in [3.05, 3.63) is 64.5 Å². The number of carbonyl (C=O) groups is 1. The maximum absolute atomic E-state index is 12.5. The quantitative estimate of drug-likeness (QED) is 0.614. The Morgan fingerprint density at radius 2 is 1.80 bits per heavy atom. The highest BCUT2D eigenvalue weighted by Gasteiger charge is 2.28. The summed E-state index contributed by atoms with van der Waals surface area (Å²) in [7, 11) is 0. The van der Waals surface area contributed by atoms with Crippen molar-refractivity contribution in [1.82, 2.24) is 19.9 Å². The van der Waals surface area contributed by atoms with Gasteiger partial charge in [0.15, 0.2) is 0 Å². The van der Waals surface area contributed by atoms with Crippen molar-refractivity contribution >= 4 is 34.9 Å². The van der Waals surface area contributed by atoms with Gasteiger partial charge in [-0.15, -0.1) is 0 Å². The van der Waals surface area contributed by atoms with Crippen molar-refractivity contribution in [2.45, 2.75) is 13.0 Å². The molecule has 0 aliphatic carbocycles. The van der Waals surface area contributed by atoms with Crippen LogP contribution in [0.1, 0.15) is 18.9 Å². The van der Waals surface area contributed by atoms with Crippen LogP contribution in [-0.4, -0.2) is 52.2 Å². The summed E-state index contributed by atoms with van der Waals surface area (Å²) in [5.74, 6) is 1.15. The van der Waals surface area contributed by atoms with Crippen molar-refractivity contribution in [3.8, 4) is 11.4 Å². The molecule has 2 amide bonds. The van der Waals surface area contributed by atoms with Crippen LogP contribution in [0.25, 0.3) is 11.4 Å². The lowest BCUT2D eigenvalue weighted by Gasteiger charge is -2.36. The van der Waals surface area contributed by atoms with E-state index >= 15 is 0 Å². The van der Waals surface area contributed by atoms with Gasteiger partial charge in [-0.3, -0.25) is 4.90 Å². The molecule has 1 N–H and O–H groups in total. The molecule has 0 radical (unpaired) electrons. The molecule has 0 spiro atoms. The minimum Gasteiger partial charge on any atom is -0.337 e. The van der Waals surface area contributed by atoms with Gasteiger partial charge in [-0.25, -0.2) is 4.79 Å². The Morgan fingerprint density at radius 1 is 1.07 bits per heavy atom. The SMILES string of the molecule is CC(c1nc(-c2ccccc2)no1)N1CCN(C(=O)Nc2ccc(Cl)c(Cl)c2)CC1. The minimum atomic E-state index is -0.162. The van der Waals surface area contributed by atoms with E-state index in [-0.39, 0.29) is 12.1 Å². The van der Waals surface area contributed by atoms with E-state index in [0.29, 0.717) is 53.6 Å². The Balaban J connectivity index is 1.33. The van der Waals surface area contributed by atoms with Crippen LogP contribution in [-0.2, 0) is 0 Å². The van der Waals surface area contributed by atoms with Gasteiger partial charge in [-0.05, 0) is 25.1 Å². The first kappa shape index (κ1) is 20.7. The summed E-state index contributed by atoms with van der Waals surface area (Å²) in [4.78, 5) is 21.1. The fraction of sp³-hybridized carbons (Fsp3) is 0.286. The van der Waals surface area contributed by atoms with Crippen molar-refractivity contribution < 1.29 is 9.32 Å². The Hall–Kier alpha value is -2.61. The topological polar surface area (TPSA) is 74.5 Å². The number of hydrogen-bond donors (Lipinski definition) is 1. The monoisotopic (exact) mass is 445 g/mol. The molecule has 156 valence electrons. The van der Waals surface area contributed by atoms with Crippen molar-refractivity contribution in [2.75, 3.05) is 31.5 Å². The van der Waals surface area contributed by atoms with Gasteiger partial charge in [0.05, 0.1) is 16.1 Å². The number of piperazine rings is 1. The number of hydrogen-bond acceptors (Lipinski definition) is 5. The van der Waals surface area contributed by atoms with Gasteiger partial charge in [0.1, 0.15) is 0 Å². The summed E-state index contributed by atoms with van der Waals surface area (Å²) in [6, 6.07) is 14.6. The third kappa shape index (κ3) is 4.59. The van der Waals surface area contributed by atoms with Crippen molar-refractivity contribution in [2.24, 2.45) is 0 Å². The van der Waals surface area contributed by atoms with Gasteiger partial charge >= 0.3 is 6.03 Å². The van der Waals surface area contributed by atoms with E-state index in [1.54, 1.807) is 23.1 Å². The molecular weight excluding hydrogens is 425 g/mol. The number of halogens is 2. The molecule has 2 aromatic carbocycles. The molecule has 2 heterocycles. The highest BCUT2D eigenvalue weighted by Crippen LogP contribution is 2.26. The zero-order chi connectivity index (χ0) is 21.1. The van der Waals surface area contributed by atoms with Crippen LogP contribution in [0.4, 0.5) is 10.5 Å². The molecule has 1 saturated heterocycles. The maximum Gasteiger partial charge on any atom is 0.321 e. The average Bonchev–Trinajstić information content (AvgIpc) is 3.27. The predicted octanol–water partition coefficient (Wildman–Crippen LogP) is 4.95. The molecule has 1 atom stereocenters. The third-order valence-corrected chi connectivity index (χ3v) is 5.89. The second-order valence-corrected chi connectivity index (χ2v) is 7.89. The zero-order valence-corrected chi connectivity index (χ0v) is 17.9.